The van der Waals surface area contributed by atoms with Gasteiger partial charge in [-0.15, -0.1) is 0 Å². The molecule has 0 saturated heterocycles. The minimum absolute atomic E-state index is 0.0111. The number of rotatable bonds is 1. The molecule has 0 radical (unpaired) electrons. The van der Waals surface area contributed by atoms with Gasteiger partial charge in [-0.3, -0.25) is 4.79 Å². The van der Waals surface area contributed by atoms with Gasteiger partial charge in [0.1, 0.15) is 17.4 Å². The number of carbonyl (C=O) groups excluding carboxylic acids is 1. The van der Waals surface area contributed by atoms with E-state index >= 15 is 0 Å². The first-order valence-electron chi connectivity index (χ1n) is 7.22. The second kappa shape index (κ2) is 4.51. The second-order valence-electron chi connectivity index (χ2n) is 5.61. The molecule has 1 aliphatic carbocycles. The third-order valence-electron chi connectivity index (χ3n) is 4.36. The smallest absolute Gasteiger partial charge is 0.176 e. The summed E-state index contributed by atoms with van der Waals surface area (Å²) in [4.78, 5) is 12.6. The van der Waals surface area contributed by atoms with Crippen molar-refractivity contribution in [3.63, 3.8) is 0 Å². The van der Waals surface area contributed by atoms with Gasteiger partial charge in [0.05, 0.1) is 17.8 Å². The molecule has 4 rings (SSSR count). The van der Waals surface area contributed by atoms with Gasteiger partial charge in [-0.1, -0.05) is 24.6 Å². The number of hydrogen-bond donors (Lipinski definition) is 0. The maximum Gasteiger partial charge on any atom is 0.176 e. The zero-order chi connectivity index (χ0) is 13.5. The fourth-order valence-corrected chi connectivity index (χ4v) is 3.27. The Morgan fingerprint density at radius 1 is 1.10 bits per heavy atom. The minimum atomic E-state index is 0.0111. The number of carbonyl (C=O) groups is 1. The first-order chi connectivity index (χ1) is 9.83. The van der Waals surface area contributed by atoms with Crippen LogP contribution in [0.2, 0.25) is 0 Å². The summed E-state index contributed by atoms with van der Waals surface area (Å²) >= 11 is 0. The van der Waals surface area contributed by atoms with Gasteiger partial charge in [0.25, 0.3) is 0 Å². The van der Waals surface area contributed by atoms with Crippen molar-refractivity contribution in [2.45, 2.75) is 31.8 Å². The molecule has 102 valence electrons. The predicted molar refractivity (Wildman–Crippen MR) is 76.0 cm³/mol. The number of ketones is 1. The van der Waals surface area contributed by atoms with Crippen molar-refractivity contribution in [2.75, 3.05) is 0 Å². The topological polar surface area (TPSA) is 39.4 Å². The molecule has 1 fully saturated rings. The van der Waals surface area contributed by atoms with Gasteiger partial charge in [0.15, 0.2) is 5.78 Å². The molecule has 0 amide bonds. The highest BCUT2D eigenvalue weighted by Crippen LogP contribution is 2.37. The molecule has 0 bridgehead atoms. The Kier molecular flexibility index (Phi) is 2.66. The first-order valence-corrected chi connectivity index (χ1v) is 7.22. The van der Waals surface area contributed by atoms with Crippen LogP contribution < -0.4 is 0 Å². The molecule has 0 N–H and O–H groups in total. The molecular weight excluding hydrogens is 252 g/mol. The van der Waals surface area contributed by atoms with Crippen LogP contribution in [0, 0.1) is 5.92 Å². The summed E-state index contributed by atoms with van der Waals surface area (Å²) < 4.78 is 11.6. The van der Waals surface area contributed by atoms with Crippen molar-refractivity contribution in [3.05, 3.63) is 42.4 Å². The Bertz CT molecular complexity index is 662. The van der Waals surface area contributed by atoms with E-state index in [1.165, 1.54) is 0 Å². The lowest BCUT2D eigenvalue weighted by atomic mass is 9.80. The highest BCUT2D eigenvalue weighted by molar-refractivity contribution is 6.22. The molecule has 0 spiro atoms. The lowest BCUT2D eigenvalue weighted by Crippen LogP contribution is -2.36. The maximum atomic E-state index is 12.6. The summed E-state index contributed by atoms with van der Waals surface area (Å²) in [5.41, 5.74) is 1.39. The van der Waals surface area contributed by atoms with Crippen molar-refractivity contribution < 1.29 is 13.9 Å². The van der Waals surface area contributed by atoms with Crippen LogP contribution in [0.15, 0.2) is 41.0 Å². The fourth-order valence-electron chi connectivity index (χ4n) is 3.27. The monoisotopic (exact) mass is 268 g/mol. The summed E-state index contributed by atoms with van der Waals surface area (Å²) in [6.07, 6.45) is 5.87. The molecule has 1 aromatic heterocycles. The number of fused-ring (bicyclic) bond motifs is 2. The second-order valence-corrected chi connectivity index (χ2v) is 5.61. The van der Waals surface area contributed by atoms with Crippen LogP contribution in [0.5, 0.6) is 0 Å². The Morgan fingerprint density at radius 2 is 1.95 bits per heavy atom. The van der Waals surface area contributed by atoms with E-state index in [0.717, 1.165) is 36.7 Å². The van der Waals surface area contributed by atoms with E-state index in [0.29, 0.717) is 11.3 Å². The van der Waals surface area contributed by atoms with Gasteiger partial charge < -0.3 is 9.15 Å². The van der Waals surface area contributed by atoms with Crippen LogP contribution in [-0.2, 0) is 9.53 Å². The summed E-state index contributed by atoms with van der Waals surface area (Å²) in [7, 11) is 0. The molecule has 2 atom stereocenters. The molecule has 2 heterocycles. The maximum absolute atomic E-state index is 12.6. The van der Waals surface area contributed by atoms with E-state index in [1.807, 2.05) is 30.3 Å². The normalized spacial score (nSPS) is 26.0. The number of allylic oxidation sites excluding steroid dienone is 1. The van der Waals surface area contributed by atoms with E-state index in [1.54, 1.807) is 6.26 Å². The summed E-state index contributed by atoms with van der Waals surface area (Å²) in [6, 6.07) is 9.72. The van der Waals surface area contributed by atoms with Crippen molar-refractivity contribution in [1.29, 1.82) is 0 Å². The predicted octanol–water partition coefficient (Wildman–Crippen LogP) is 3.93. The van der Waals surface area contributed by atoms with Crippen molar-refractivity contribution in [2.24, 2.45) is 5.92 Å². The van der Waals surface area contributed by atoms with E-state index < -0.39 is 0 Å². The highest BCUT2D eigenvalue weighted by Gasteiger charge is 2.38. The average Bonchev–Trinajstić information content (AvgIpc) is 2.91. The quantitative estimate of drug-likeness (QED) is 0.786. The lowest BCUT2D eigenvalue weighted by molar-refractivity contribution is -0.124. The standard InChI is InChI=1S/C17H16O3/c18-17-12-6-2-4-8-15(12)19-10-13(17)16-9-11-5-1-3-7-14(11)20-16/h1,3,5,7,9-10,12,15H,2,4,6,8H2. The Balaban J connectivity index is 1.74. The number of para-hydroxylation sites is 1. The molecule has 2 aromatic rings. The van der Waals surface area contributed by atoms with Gasteiger partial charge >= 0.3 is 0 Å². The fraction of sp³-hybridized carbons (Fsp3) is 0.353. The number of Topliss-reactive ketones (excluding diaryl/α,β-unsaturated/α-hetero) is 1. The molecule has 2 aliphatic rings. The summed E-state index contributed by atoms with van der Waals surface area (Å²) in [5, 5.41) is 1.02. The van der Waals surface area contributed by atoms with Gasteiger partial charge in [-0.25, -0.2) is 0 Å². The van der Waals surface area contributed by atoms with Crippen molar-refractivity contribution >= 4 is 22.3 Å². The number of furan rings is 1. The number of benzene rings is 1. The summed E-state index contributed by atoms with van der Waals surface area (Å²) in [5.74, 6) is 0.817. The molecule has 1 aliphatic heterocycles. The molecule has 3 nitrogen and oxygen atoms in total. The van der Waals surface area contributed by atoms with E-state index in [9.17, 15) is 4.79 Å². The number of ether oxygens (including phenoxy) is 1. The van der Waals surface area contributed by atoms with Crippen LogP contribution in [0.4, 0.5) is 0 Å². The SMILES string of the molecule is O=C1C(c2cc3ccccc3o2)=COC2CCCCC12. The minimum Gasteiger partial charge on any atom is -0.496 e. The highest BCUT2D eigenvalue weighted by atomic mass is 16.5. The van der Waals surface area contributed by atoms with Crippen LogP contribution in [0.1, 0.15) is 31.4 Å². The summed E-state index contributed by atoms with van der Waals surface area (Å²) in [6.45, 7) is 0. The van der Waals surface area contributed by atoms with Gasteiger partial charge in [0.2, 0.25) is 0 Å². The van der Waals surface area contributed by atoms with Crippen LogP contribution in [-0.4, -0.2) is 11.9 Å². The Labute approximate surface area is 117 Å². The van der Waals surface area contributed by atoms with Crippen molar-refractivity contribution in [3.8, 4) is 0 Å². The third kappa shape index (κ3) is 1.77. The molecule has 3 heteroatoms. The average molecular weight is 268 g/mol. The van der Waals surface area contributed by atoms with Crippen LogP contribution in [0.3, 0.4) is 0 Å². The van der Waals surface area contributed by atoms with Crippen molar-refractivity contribution in [1.82, 2.24) is 0 Å². The zero-order valence-electron chi connectivity index (χ0n) is 11.2. The van der Waals surface area contributed by atoms with Gasteiger partial charge in [-0.2, -0.15) is 0 Å². The zero-order valence-corrected chi connectivity index (χ0v) is 11.2. The van der Waals surface area contributed by atoms with E-state index in [4.69, 9.17) is 9.15 Å². The molecule has 2 unspecified atom stereocenters. The molecular formula is C17H16O3. The van der Waals surface area contributed by atoms with Gasteiger partial charge in [-0.05, 0) is 31.4 Å². The van der Waals surface area contributed by atoms with Crippen LogP contribution >= 0.6 is 0 Å². The molecule has 20 heavy (non-hydrogen) atoms. The Hall–Kier alpha value is -2.03. The first kappa shape index (κ1) is 11.8. The van der Waals surface area contributed by atoms with Crippen LogP contribution in [0.25, 0.3) is 16.5 Å². The van der Waals surface area contributed by atoms with E-state index in [2.05, 4.69) is 0 Å². The number of hydrogen-bond acceptors (Lipinski definition) is 3. The molecule has 1 saturated carbocycles. The Morgan fingerprint density at radius 3 is 2.85 bits per heavy atom. The lowest BCUT2D eigenvalue weighted by Gasteiger charge is -2.33. The largest absolute Gasteiger partial charge is 0.496 e. The van der Waals surface area contributed by atoms with Gasteiger partial charge in [0, 0.05) is 5.39 Å². The van der Waals surface area contributed by atoms with E-state index in [-0.39, 0.29) is 17.8 Å². The third-order valence-corrected chi connectivity index (χ3v) is 4.36. The molecule has 1 aromatic carbocycles.